The van der Waals surface area contributed by atoms with Crippen LogP contribution in [0.1, 0.15) is 58.3 Å². The first kappa shape index (κ1) is 19.6. The Labute approximate surface area is 157 Å². The molecule has 0 aromatic rings. The number of piperidine rings is 1. The number of nitrogens with zero attached hydrogens (tertiary/aromatic N) is 1. The third kappa shape index (κ3) is 5.95. The summed E-state index contributed by atoms with van der Waals surface area (Å²) in [4.78, 5) is 26.8. The van der Waals surface area contributed by atoms with Crippen LogP contribution in [0.2, 0.25) is 0 Å². The fourth-order valence-corrected chi connectivity index (χ4v) is 4.62. The summed E-state index contributed by atoms with van der Waals surface area (Å²) in [6.45, 7) is 6.38. The molecule has 2 saturated heterocycles. The predicted octanol–water partition coefficient (Wildman–Crippen LogP) is 1.26. The molecule has 0 radical (unpaired) electrons. The topological polar surface area (TPSA) is 73.5 Å². The van der Waals surface area contributed by atoms with Gasteiger partial charge in [0.15, 0.2) is 0 Å². The van der Waals surface area contributed by atoms with Gasteiger partial charge in [0.1, 0.15) is 0 Å². The van der Waals surface area contributed by atoms with Gasteiger partial charge in [0.05, 0.1) is 12.6 Å². The van der Waals surface area contributed by atoms with Crippen LogP contribution in [0.15, 0.2) is 0 Å². The summed E-state index contributed by atoms with van der Waals surface area (Å²) in [6, 6.07) is 0.371. The molecule has 2 amide bonds. The third-order valence-corrected chi connectivity index (χ3v) is 6.29. The first-order valence-corrected chi connectivity index (χ1v) is 10.6. The number of hydrogen-bond acceptors (Lipinski definition) is 4. The summed E-state index contributed by atoms with van der Waals surface area (Å²) < 4.78 is 0. The molecule has 0 aromatic carbocycles. The van der Waals surface area contributed by atoms with Crippen molar-refractivity contribution in [3.63, 3.8) is 0 Å². The highest BCUT2D eigenvalue weighted by Crippen LogP contribution is 2.23. The van der Waals surface area contributed by atoms with Crippen molar-refractivity contribution in [3.8, 4) is 0 Å². The molecule has 3 fully saturated rings. The van der Waals surface area contributed by atoms with Crippen LogP contribution in [-0.2, 0) is 9.59 Å². The molecule has 2 atom stereocenters. The van der Waals surface area contributed by atoms with Crippen LogP contribution in [0, 0.1) is 11.8 Å². The van der Waals surface area contributed by atoms with Gasteiger partial charge in [0.25, 0.3) is 0 Å². The summed E-state index contributed by atoms with van der Waals surface area (Å²) in [7, 11) is 0. The Balaban J connectivity index is 1.35. The molecule has 3 aliphatic rings. The maximum Gasteiger partial charge on any atom is 0.237 e. The fourth-order valence-electron chi connectivity index (χ4n) is 4.62. The maximum absolute atomic E-state index is 12.4. The Morgan fingerprint density at radius 2 is 1.88 bits per heavy atom. The van der Waals surface area contributed by atoms with E-state index in [0.717, 1.165) is 70.6 Å². The van der Waals surface area contributed by atoms with Gasteiger partial charge in [-0.3, -0.25) is 14.5 Å². The van der Waals surface area contributed by atoms with E-state index in [1.165, 1.54) is 12.8 Å². The number of amides is 2. The van der Waals surface area contributed by atoms with Gasteiger partial charge in [0.2, 0.25) is 11.8 Å². The second-order valence-electron chi connectivity index (χ2n) is 8.66. The van der Waals surface area contributed by atoms with Gasteiger partial charge in [-0.15, -0.1) is 0 Å². The third-order valence-electron chi connectivity index (χ3n) is 6.29. The Morgan fingerprint density at radius 3 is 2.62 bits per heavy atom. The number of nitrogens with one attached hydrogen (secondary N) is 3. The van der Waals surface area contributed by atoms with E-state index in [-0.39, 0.29) is 17.9 Å². The molecular weight excluding hydrogens is 328 g/mol. The second kappa shape index (κ2) is 9.70. The minimum absolute atomic E-state index is 0.00122. The number of rotatable bonds is 6. The Bertz CT molecular complexity index is 470. The Morgan fingerprint density at radius 1 is 1.08 bits per heavy atom. The molecule has 1 aliphatic carbocycles. The highest BCUT2D eigenvalue weighted by molar-refractivity contribution is 5.82. The van der Waals surface area contributed by atoms with Crippen LogP contribution >= 0.6 is 0 Å². The highest BCUT2D eigenvalue weighted by Gasteiger charge is 2.26. The summed E-state index contributed by atoms with van der Waals surface area (Å²) in [5.74, 6) is 1.58. The molecule has 2 aliphatic heterocycles. The average molecular weight is 365 g/mol. The van der Waals surface area contributed by atoms with E-state index in [1.54, 1.807) is 0 Å². The zero-order valence-corrected chi connectivity index (χ0v) is 16.3. The monoisotopic (exact) mass is 364 g/mol. The molecule has 6 nitrogen and oxygen atoms in total. The van der Waals surface area contributed by atoms with Gasteiger partial charge in [-0.2, -0.15) is 0 Å². The average Bonchev–Trinajstić information content (AvgIpc) is 3.17. The first-order chi connectivity index (χ1) is 12.6. The molecule has 6 heteroatoms. The number of carbonyl (C=O) groups excluding carboxylic acids is 2. The SMILES string of the molecule is CC1CCC(NC(=O)CN2CCCC(CNC(=O)C3CCCN3)C2)CC1. The van der Waals surface area contributed by atoms with E-state index < -0.39 is 0 Å². The van der Waals surface area contributed by atoms with Gasteiger partial charge in [-0.25, -0.2) is 0 Å². The van der Waals surface area contributed by atoms with Crippen LogP contribution in [0.4, 0.5) is 0 Å². The quantitative estimate of drug-likeness (QED) is 0.663. The molecule has 3 N–H and O–H groups in total. The smallest absolute Gasteiger partial charge is 0.237 e. The van der Waals surface area contributed by atoms with E-state index in [4.69, 9.17) is 0 Å². The van der Waals surface area contributed by atoms with Crippen molar-refractivity contribution >= 4 is 11.8 Å². The van der Waals surface area contributed by atoms with Crippen LogP contribution in [0.5, 0.6) is 0 Å². The van der Waals surface area contributed by atoms with Crippen LogP contribution < -0.4 is 16.0 Å². The van der Waals surface area contributed by atoms with Crippen molar-refractivity contribution in [1.82, 2.24) is 20.9 Å². The van der Waals surface area contributed by atoms with Crippen molar-refractivity contribution < 1.29 is 9.59 Å². The minimum Gasteiger partial charge on any atom is -0.354 e. The van der Waals surface area contributed by atoms with Gasteiger partial charge in [-0.05, 0) is 76.3 Å². The zero-order valence-electron chi connectivity index (χ0n) is 16.3. The Kier molecular flexibility index (Phi) is 7.32. The van der Waals surface area contributed by atoms with Crippen LogP contribution in [0.3, 0.4) is 0 Å². The molecule has 2 heterocycles. The minimum atomic E-state index is -0.00122. The van der Waals surface area contributed by atoms with Crippen molar-refractivity contribution in [2.45, 2.75) is 70.4 Å². The Hall–Kier alpha value is -1.14. The predicted molar refractivity (Wildman–Crippen MR) is 103 cm³/mol. The zero-order chi connectivity index (χ0) is 18.4. The maximum atomic E-state index is 12.4. The standard InChI is InChI=1S/C20H36N4O2/c1-15-6-8-17(9-7-15)23-19(25)14-24-11-3-4-16(13-24)12-22-20(26)18-5-2-10-21-18/h15-18,21H,2-14H2,1H3,(H,22,26)(H,23,25). The molecule has 2 unspecified atom stereocenters. The van der Waals surface area contributed by atoms with E-state index in [9.17, 15) is 9.59 Å². The van der Waals surface area contributed by atoms with Gasteiger partial charge in [-0.1, -0.05) is 6.92 Å². The van der Waals surface area contributed by atoms with Gasteiger partial charge >= 0.3 is 0 Å². The van der Waals surface area contributed by atoms with Crippen molar-refractivity contribution in [2.75, 3.05) is 32.7 Å². The molecule has 0 bridgehead atoms. The summed E-state index contributed by atoms with van der Waals surface area (Å²) >= 11 is 0. The molecule has 1 saturated carbocycles. The fraction of sp³-hybridized carbons (Fsp3) is 0.900. The van der Waals surface area contributed by atoms with Gasteiger partial charge in [0, 0.05) is 19.1 Å². The molecule has 3 rings (SSSR count). The van der Waals surface area contributed by atoms with E-state index in [1.807, 2.05) is 0 Å². The van der Waals surface area contributed by atoms with Crippen LogP contribution in [-0.4, -0.2) is 61.5 Å². The summed E-state index contributed by atoms with van der Waals surface area (Å²) in [5, 5.41) is 9.58. The lowest BCUT2D eigenvalue weighted by molar-refractivity contribution is -0.124. The van der Waals surface area contributed by atoms with Gasteiger partial charge < -0.3 is 16.0 Å². The lowest BCUT2D eigenvalue weighted by atomic mass is 9.87. The second-order valence-corrected chi connectivity index (χ2v) is 8.66. The molecular formula is C20H36N4O2. The van der Waals surface area contributed by atoms with E-state index >= 15 is 0 Å². The van der Waals surface area contributed by atoms with Crippen LogP contribution in [0.25, 0.3) is 0 Å². The van der Waals surface area contributed by atoms with Crippen molar-refractivity contribution in [3.05, 3.63) is 0 Å². The molecule has 26 heavy (non-hydrogen) atoms. The number of carbonyl (C=O) groups is 2. The number of likely N-dealkylation sites (tertiary alicyclic amines) is 1. The first-order valence-electron chi connectivity index (χ1n) is 10.6. The molecule has 0 aromatic heterocycles. The lowest BCUT2D eigenvalue weighted by Crippen LogP contribution is -2.48. The summed E-state index contributed by atoms with van der Waals surface area (Å²) in [6.07, 6.45) is 8.98. The normalized spacial score (nSPS) is 33.0. The van der Waals surface area contributed by atoms with Crippen molar-refractivity contribution in [1.29, 1.82) is 0 Å². The summed E-state index contributed by atoms with van der Waals surface area (Å²) in [5.41, 5.74) is 0. The molecule has 148 valence electrons. The van der Waals surface area contributed by atoms with E-state index in [0.29, 0.717) is 18.5 Å². The highest BCUT2D eigenvalue weighted by atomic mass is 16.2. The van der Waals surface area contributed by atoms with E-state index in [2.05, 4.69) is 27.8 Å². The van der Waals surface area contributed by atoms with Crippen molar-refractivity contribution in [2.24, 2.45) is 11.8 Å². The number of hydrogen-bond donors (Lipinski definition) is 3. The lowest BCUT2D eigenvalue weighted by Gasteiger charge is -2.33. The molecule has 0 spiro atoms. The largest absolute Gasteiger partial charge is 0.354 e.